The van der Waals surface area contributed by atoms with Gasteiger partial charge in [0.1, 0.15) is 5.82 Å². The molecule has 0 aliphatic heterocycles. The third kappa shape index (κ3) is 5.52. The number of nitrogens with zero attached hydrogens (tertiary/aromatic N) is 3. The second kappa shape index (κ2) is 10.8. The van der Waals surface area contributed by atoms with E-state index >= 15 is 0 Å². The zero-order chi connectivity index (χ0) is 24.1. The maximum Gasteiger partial charge on any atom is 0.266 e. The average molecular weight is 448 g/mol. The Morgan fingerprint density at radius 3 is 2.48 bits per heavy atom. The van der Waals surface area contributed by atoms with Crippen molar-refractivity contribution in [3.63, 3.8) is 0 Å². The van der Waals surface area contributed by atoms with Gasteiger partial charge in [0, 0.05) is 13.0 Å². The molecule has 1 unspecified atom stereocenters. The molecule has 3 aromatic rings. The molecular weight excluding hydrogens is 410 g/mol. The molecule has 5 heteroatoms. The second-order valence-corrected chi connectivity index (χ2v) is 9.49. The molecule has 0 radical (unpaired) electrons. The van der Waals surface area contributed by atoms with E-state index in [0.29, 0.717) is 35.6 Å². The van der Waals surface area contributed by atoms with Gasteiger partial charge in [0.15, 0.2) is 0 Å². The first-order valence-electron chi connectivity index (χ1n) is 12.1. The van der Waals surface area contributed by atoms with E-state index in [-0.39, 0.29) is 17.5 Å². The Morgan fingerprint density at radius 2 is 1.79 bits per heavy atom. The van der Waals surface area contributed by atoms with Crippen LogP contribution in [0.1, 0.15) is 76.4 Å². The Morgan fingerprint density at radius 1 is 1.06 bits per heavy atom. The fourth-order valence-electron chi connectivity index (χ4n) is 4.30. The molecule has 1 aromatic heterocycles. The molecular formula is C28H37N3O2. The van der Waals surface area contributed by atoms with E-state index in [1.165, 1.54) is 0 Å². The van der Waals surface area contributed by atoms with Crippen LogP contribution in [0.15, 0.2) is 47.3 Å². The van der Waals surface area contributed by atoms with Gasteiger partial charge in [-0.05, 0) is 62.4 Å². The van der Waals surface area contributed by atoms with Crippen LogP contribution in [-0.2, 0) is 4.79 Å². The number of unbranched alkanes of at least 4 members (excludes halogenated alkanes) is 2. The van der Waals surface area contributed by atoms with Crippen molar-refractivity contribution < 1.29 is 4.79 Å². The van der Waals surface area contributed by atoms with Crippen LogP contribution in [0.3, 0.4) is 0 Å². The van der Waals surface area contributed by atoms with Crippen molar-refractivity contribution in [1.29, 1.82) is 0 Å². The summed E-state index contributed by atoms with van der Waals surface area (Å²) in [6, 6.07) is 13.2. The van der Waals surface area contributed by atoms with Crippen molar-refractivity contribution in [2.75, 3.05) is 6.54 Å². The third-order valence-corrected chi connectivity index (χ3v) is 6.12. The molecule has 3 rings (SSSR count). The first kappa shape index (κ1) is 24.7. The van der Waals surface area contributed by atoms with Gasteiger partial charge in [-0.1, -0.05) is 57.9 Å². The van der Waals surface area contributed by atoms with E-state index in [2.05, 4.69) is 20.8 Å². The molecule has 0 N–H and O–H groups in total. The number of fused-ring (bicyclic) bond motifs is 1. The number of hydrogen-bond donors (Lipinski definition) is 0. The molecule has 1 atom stereocenters. The van der Waals surface area contributed by atoms with Crippen LogP contribution in [0.5, 0.6) is 0 Å². The minimum atomic E-state index is -0.334. The summed E-state index contributed by atoms with van der Waals surface area (Å²) in [6.45, 7) is 13.0. The van der Waals surface area contributed by atoms with Crippen molar-refractivity contribution in [3.05, 3.63) is 69.8 Å². The van der Waals surface area contributed by atoms with Crippen molar-refractivity contribution in [1.82, 2.24) is 14.5 Å². The fraction of sp³-hybridized carbons (Fsp3) is 0.464. The Kier molecular flexibility index (Phi) is 8.06. The highest BCUT2D eigenvalue weighted by Gasteiger charge is 2.27. The number of amides is 1. The normalized spacial score (nSPS) is 12.3. The lowest BCUT2D eigenvalue weighted by molar-refractivity contribution is -0.134. The van der Waals surface area contributed by atoms with Crippen molar-refractivity contribution >= 4 is 16.8 Å². The van der Waals surface area contributed by atoms with Crippen LogP contribution in [0.4, 0.5) is 0 Å². The summed E-state index contributed by atoms with van der Waals surface area (Å²) in [5.74, 6) is 1.04. The molecule has 0 fully saturated rings. The predicted octanol–water partition coefficient (Wildman–Crippen LogP) is 6.13. The number of para-hydroxylation sites is 1. The minimum absolute atomic E-state index is 0.0981. The van der Waals surface area contributed by atoms with Crippen LogP contribution < -0.4 is 5.56 Å². The van der Waals surface area contributed by atoms with E-state index in [1.54, 1.807) is 4.57 Å². The molecule has 0 saturated heterocycles. The summed E-state index contributed by atoms with van der Waals surface area (Å²) in [5.41, 5.74) is 3.46. The molecule has 0 aliphatic rings. The Hall–Kier alpha value is -2.95. The van der Waals surface area contributed by atoms with Crippen molar-refractivity contribution in [2.24, 2.45) is 5.92 Å². The molecule has 33 heavy (non-hydrogen) atoms. The summed E-state index contributed by atoms with van der Waals surface area (Å²) in [4.78, 5) is 33.9. The number of aromatic nitrogens is 2. The number of aryl methyl sites for hydroxylation is 2. The molecule has 0 saturated carbocycles. The van der Waals surface area contributed by atoms with Gasteiger partial charge in [-0.3, -0.25) is 14.2 Å². The summed E-state index contributed by atoms with van der Waals surface area (Å²) < 4.78 is 1.72. The molecule has 0 spiro atoms. The number of carbonyl (C=O) groups excluding carboxylic acids is 1. The van der Waals surface area contributed by atoms with Gasteiger partial charge < -0.3 is 4.90 Å². The van der Waals surface area contributed by atoms with Crippen molar-refractivity contribution in [3.8, 4) is 5.69 Å². The number of carbonyl (C=O) groups is 1. The highest BCUT2D eigenvalue weighted by Crippen LogP contribution is 2.26. The van der Waals surface area contributed by atoms with Gasteiger partial charge in [-0.15, -0.1) is 0 Å². The zero-order valence-electron chi connectivity index (χ0n) is 20.9. The molecule has 1 heterocycles. The Bertz CT molecular complexity index is 1180. The quantitative estimate of drug-likeness (QED) is 0.371. The maximum absolute atomic E-state index is 13.8. The first-order valence-corrected chi connectivity index (χ1v) is 12.1. The van der Waals surface area contributed by atoms with E-state index in [4.69, 9.17) is 4.98 Å². The van der Waals surface area contributed by atoms with E-state index in [0.717, 1.165) is 36.1 Å². The highest BCUT2D eigenvalue weighted by molar-refractivity contribution is 5.79. The van der Waals surface area contributed by atoms with Gasteiger partial charge >= 0.3 is 0 Å². The molecule has 1 amide bonds. The molecule has 5 nitrogen and oxygen atoms in total. The summed E-state index contributed by atoms with van der Waals surface area (Å²) >= 11 is 0. The molecule has 0 aliphatic carbocycles. The molecule has 176 valence electrons. The Labute approximate surface area is 197 Å². The second-order valence-electron chi connectivity index (χ2n) is 9.49. The number of rotatable bonds is 9. The van der Waals surface area contributed by atoms with Crippen LogP contribution in [-0.4, -0.2) is 26.9 Å². The van der Waals surface area contributed by atoms with Gasteiger partial charge in [0.05, 0.1) is 22.6 Å². The topological polar surface area (TPSA) is 55.2 Å². The number of benzene rings is 2. The van der Waals surface area contributed by atoms with Crippen LogP contribution in [0.2, 0.25) is 0 Å². The minimum Gasteiger partial charge on any atom is -0.333 e. The zero-order valence-corrected chi connectivity index (χ0v) is 20.9. The highest BCUT2D eigenvalue weighted by atomic mass is 16.2. The van der Waals surface area contributed by atoms with E-state index in [1.807, 2.05) is 68.1 Å². The van der Waals surface area contributed by atoms with Gasteiger partial charge in [0.25, 0.3) is 5.56 Å². The standard InChI is InChI=1S/C28H37N3O2/c1-7-8-9-14-26(32)30(18-19(2)3)22(6)27-29-24-13-11-10-12-23(24)28(33)31(27)25-17-20(4)15-16-21(25)5/h10-13,15-17,19,22H,7-9,14,18H2,1-6H3. The first-order chi connectivity index (χ1) is 15.7. The van der Waals surface area contributed by atoms with E-state index in [9.17, 15) is 9.59 Å². The van der Waals surface area contributed by atoms with Crippen LogP contribution in [0, 0.1) is 19.8 Å². The lowest BCUT2D eigenvalue weighted by Crippen LogP contribution is -2.39. The summed E-state index contributed by atoms with van der Waals surface area (Å²) in [5, 5.41) is 0.582. The van der Waals surface area contributed by atoms with Crippen molar-refractivity contribution in [2.45, 2.75) is 73.3 Å². The fourth-order valence-corrected chi connectivity index (χ4v) is 4.30. The lowest BCUT2D eigenvalue weighted by Gasteiger charge is -2.32. The third-order valence-electron chi connectivity index (χ3n) is 6.12. The lowest BCUT2D eigenvalue weighted by atomic mass is 10.1. The van der Waals surface area contributed by atoms with E-state index < -0.39 is 0 Å². The summed E-state index contributed by atoms with van der Waals surface area (Å²) in [6.07, 6.45) is 3.51. The molecule has 2 aromatic carbocycles. The van der Waals surface area contributed by atoms with Crippen LogP contribution in [0.25, 0.3) is 16.6 Å². The average Bonchev–Trinajstić information content (AvgIpc) is 2.78. The van der Waals surface area contributed by atoms with Gasteiger partial charge in [-0.25, -0.2) is 4.98 Å². The predicted molar refractivity (Wildman–Crippen MR) is 136 cm³/mol. The monoisotopic (exact) mass is 447 g/mol. The summed E-state index contributed by atoms with van der Waals surface area (Å²) in [7, 11) is 0. The van der Waals surface area contributed by atoms with Gasteiger partial charge in [0.2, 0.25) is 5.91 Å². The number of hydrogen-bond acceptors (Lipinski definition) is 3. The smallest absolute Gasteiger partial charge is 0.266 e. The maximum atomic E-state index is 13.8. The largest absolute Gasteiger partial charge is 0.333 e. The Balaban J connectivity index is 2.21. The van der Waals surface area contributed by atoms with Gasteiger partial charge in [-0.2, -0.15) is 0 Å². The van der Waals surface area contributed by atoms with Crippen LogP contribution >= 0.6 is 0 Å². The molecule has 0 bridgehead atoms. The SMILES string of the molecule is CCCCCC(=O)N(CC(C)C)C(C)c1nc2ccccc2c(=O)n1-c1cc(C)ccc1C.